The molecule has 2 atom stereocenters. The van der Waals surface area contributed by atoms with Gasteiger partial charge < -0.3 is 30.4 Å². The largest absolute Gasteiger partial charge is 0.496 e. The quantitative estimate of drug-likeness (QED) is 0.254. The van der Waals surface area contributed by atoms with Crippen LogP contribution in [0.4, 0.5) is 0 Å². The van der Waals surface area contributed by atoms with Gasteiger partial charge in [-0.2, -0.15) is 0 Å². The van der Waals surface area contributed by atoms with Gasteiger partial charge in [0.15, 0.2) is 5.78 Å². The van der Waals surface area contributed by atoms with Crippen molar-refractivity contribution in [3.05, 3.63) is 54.2 Å². The lowest BCUT2D eigenvalue weighted by Gasteiger charge is -2.26. The number of ether oxygens (including phenoxy) is 2. The molecule has 0 unspecified atom stereocenters. The van der Waals surface area contributed by atoms with E-state index in [-0.39, 0.29) is 37.0 Å². The number of aromatic amines is 1. The number of benzene rings is 2. The van der Waals surface area contributed by atoms with Gasteiger partial charge >= 0.3 is 0 Å². The van der Waals surface area contributed by atoms with Crippen molar-refractivity contribution < 1.29 is 28.7 Å². The average molecular weight is 553 g/mol. The minimum absolute atomic E-state index is 0.135. The number of nitrogens with one attached hydrogen (secondary N) is 4. The third-order valence-corrected chi connectivity index (χ3v) is 7.33. The molecule has 2 heterocycles. The van der Waals surface area contributed by atoms with Crippen molar-refractivity contribution in [3.63, 3.8) is 0 Å². The first-order chi connectivity index (χ1) is 18.9. The number of hydrogen-bond donors (Lipinski definition) is 4. The van der Waals surface area contributed by atoms with E-state index in [1.807, 2.05) is 24.5 Å². The number of piperidine rings is 1. The number of fused-ring (bicyclic) bond motifs is 1. The van der Waals surface area contributed by atoms with E-state index >= 15 is 0 Å². The van der Waals surface area contributed by atoms with Gasteiger partial charge in [-0.25, -0.2) is 0 Å². The Balaban J connectivity index is 1.37. The fraction of sp³-hybridized carbons (Fsp3) is 0.357. The highest BCUT2D eigenvalue weighted by Gasteiger charge is 2.30. The van der Waals surface area contributed by atoms with Gasteiger partial charge in [0.1, 0.15) is 23.8 Å². The molecule has 1 aliphatic heterocycles. The fourth-order valence-corrected chi connectivity index (χ4v) is 4.88. The van der Waals surface area contributed by atoms with Crippen LogP contribution >= 0.6 is 11.8 Å². The van der Waals surface area contributed by atoms with E-state index in [4.69, 9.17) is 9.47 Å². The summed E-state index contributed by atoms with van der Waals surface area (Å²) in [5, 5.41) is 8.82. The minimum Gasteiger partial charge on any atom is -0.496 e. The number of aromatic nitrogens is 1. The molecule has 4 rings (SSSR count). The molecule has 1 saturated heterocycles. The zero-order valence-electron chi connectivity index (χ0n) is 21.9. The number of carbonyl (C=O) groups is 4. The number of hydrogen-bond acceptors (Lipinski definition) is 7. The second-order valence-electron chi connectivity index (χ2n) is 9.20. The van der Waals surface area contributed by atoms with Crippen molar-refractivity contribution in [2.75, 3.05) is 33.1 Å². The molecule has 4 N–H and O–H groups in total. The van der Waals surface area contributed by atoms with Crippen LogP contribution < -0.4 is 25.4 Å². The molecule has 2 aromatic carbocycles. The molecule has 3 aromatic rings. The van der Waals surface area contributed by atoms with Crippen LogP contribution in [-0.2, 0) is 14.4 Å². The van der Waals surface area contributed by atoms with Crippen molar-refractivity contribution in [2.45, 2.75) is 30.2 Å². The lowest BCUT2D eigenvalue weighted by atomic mass is 9.90. The zero-order valence-corrected chi connectivity index (χ0v) is 22.7. The summed E-state index contributed by atoms with van der Waals surface area (Å²) in [5.74, 6) is -0.760. The van der Waals surface area contributed by atoms with Gasteiger partial charge in [-0.1, -0.05) is 6.07 Å². The Hall–Kier alpha value is -3.99. The van der Waals surface area contributed by atoms with Crippen molar-refractivity contribution in [1.29, 1.82) is 0 Å². The van der Waals surface area contributed by atoms with Gasteiger partial charge in [0.25, 0.3) is 5.91 Å². The standard InChI is InChI=1S/C28H32N4O6S/c1-37-25-7-3-6-21-20(25)14-23(31-21)28(36)30-15-26(34)32-22(13-17-5-4-12-29-27(17)35)24(33)16-38-18-8-10-19(39-2)11-9-18/h3,6-11,14,17,22,31H,4-5,12-13,15-16H2,1-2H3,(H,29,35)(H,30,36)(H,32,34)/t17-,22-/m0/s1. The second-order valence-corrected chi connectivity index (χ2v) is 10.1. The summed E-state index contributed by atoms with van der Waals surface area (Å²) in [4.78, 5) is 55.0. The second kappa shape index (κ2) is 13.2. The first kappa shape index (κ1) is 28.0. The van der Waals surface area contributed by atoms with Crippen LogP contribution in [0, 0.1) is 5.92 Å². The van der Waals surface area contributed by atoms with Crippen molar-refractivity contribution in [2.24, 2.45) is 5.92 Å². The summed E-state index contributed by atoms with van der Waals surface area (Å²) >= 11 is 1.60. The Morgan fingerprint density at radius 3 is 2.67 bits per heavy atom. The molecule has 10 nitrogen and oxygen atoms in total. The molecule has 0 saturated carbocycles. The maximum Gasteiger partial charge on any atom is 0.268 e. The molecule has 0 spiro atoms. The third kappa shape index (κ3) is 7.32. The molecule has 3 amide bonds. The Morgan fingerprint density at radius 1 is 1.15 bits per heavy atom. The van der Waals surface area contributed by atoms with Crippen molar-refractivity contribution in [1.82, 2.24) is 20.9 Å². The molecule has 0 bridgehead atoms. The highest BCUT2D eigenvalue weighted by atomic mass is 32.2. The van der Waals surface area contributed by atoms with Crippen molar-refractivity contribution in [3.8, 4) is 11.5 Å². The normalized spacial score (nSPS) is 15.7. The topological polar surface area (TPSA) is 139 Å². The highest BCUT2D eigenvalue weighted by Crippen LogP contribution is 2.26. The van der Waals surface area contributed by atoms with Crippen LogP contribution in [0.1, 0.15) is 29.8 Å². The molecule has 39 heavy (non-hydrogen) atoms. The van der Waals surface area contributed by atoms with Crippen LogP contribution in [0.25, 0.3) is 10.9 Å². The summed E-state index contributed by atoms with van der Waals surface area (Å²) in [5.41, 5.74) is 0.998. The Labute approximate surface area is 230 Å². The number of H-pyrrole nitrogens is 1. The molecule has 1 aromatic heterocycles. The number of Topliss-reactive ketones (excluding diaryl/α,β-unsaturated/α-hetero) is 1. The maximum absolute atomic E-state index is 13.1. The summed E-state index contributed by atoms with van der Waals surface area (Å²) in [6.45, 7) is -0.00868. The summed E-state index contributed by atoms with van der Waals surface area (Å²) in [7, 11) is 1.55. The van der Waals surface area contributed by atoms with E-state index in [1.54, 1.807) is 49.2 Å². The third-order valence-electron chi connectivity index (χ3n) is 6.58. The van der Waals surface area contributed by atoms with E-state index in [0.717, 1.165) is 22.2 Å². The number of amides is 3. The van der Waals surface area contributed by atoms with Gasteiger partial charge in [-0.05, 0) is 68.0 Å². The van der Waals surface area contributed by atoms with Gasteiger partial charge in [-0.3, -0.25) is 19.2 Å². The van der Waals surface area contributed by atoms with E-state index in [2.05, 4.69) is 20.9 Å². The minimum atomic E-state index is -0.939. The van der Waals surface area contributed by atoms with Crippen LogP contribution in [0.15, 0.2) is 53.4 Å². The molecular weight excluding hydrogens is 520 g/mol. The SMILES string of the molecule is COc1cccc2[nH]c(C(=O)NCC(=O)N[C@@H](C[C@@H]3CCCNC3=O)C(=O)COc3ccc(SC)cc3)cc12. The highest BCUT2D eigenvalue weighted by molar-refractivity contribution is 7.98. The number of methoxy groups -OCH3 is 1. The predicted octanol–water partition coefficient (Wildman–Crippen LogP) is 2.68. The van der Waals surface area contributed by atoms with Gasteiger partial charge in [-0.15, -0.1) is 11.8 Å². The van der Waals surface area contributed by atoms with Crippen LogP contribution in [0.5, 0.6) is 11.5 Å². The van der Waals surface area contributed by atoms with Crippen LogP contribution in [0.3, 0.4) is 0 Å². The van der Waals surface area contributed by atoms with E-state index < -0.39 is 23.8 Å². The number of carbonyl (C=O) groups excluding carboxylic acids is 4. The van der Waals surface area contributed by atoms with E-state index in [0.29, 0.717) is 24.5 Å². The number of ketones is 1. The predicted molar refractivity (Wildman–Crippen MR) is 148 cm³/mol. The Morgan fingerprint density at radius 2 is 1.95 bits per heavy atom. The molecule has 0 radical (unpaired) electrons. The van der Waals surface area contributed by atoms with Gasteiger partial charge in [0.05, 0.1) is 19.7 Å². The van der Waals surface area contributed by atoms with E-state index in [1.165, 1.54) is 0 Å². The summed E-state index contributed by atoms with van der Waals surface area (Å²) in [6, 6.07) is 13.5. The lowest BCUT2D eigenvalue weighted by Crippen LogP contribution is -2.49. The Kier molecular flexibility index (Phi) is 9.48. The molecule has 1 aliphatic rings. The molecule has 11 heteroatoms. The first-order valence-corrected chi connectivity index (χ1v) is 13.9. The fourth-order valence-electron chi connectivity index (χ4n) is 4.47. The van der Waals surface area contributed by atoms with Gasteiger partial charge in [0, 0.05) is 28.3 Å². The first-order valence-electron chi connectivity index (χ1n) is 12.7. The smallest absolute Gasteiger partial charge is 0.268 e. The maximum atomic E-state index is 13.1. The number of thioether (sulfide) groups is 1. The van der Waals surface area contributed by atoms with Crippen LogP contribution in [0.2, 0.25) is 0 Å². The molecular formula is C28H32N4O6S. The molecule has 206 valence electrons. The lowest BCUT2D eigenvalue weighted by molar-refractivity contribution is -0.131. The monoisotopic (exact) mass is 552 g/mol. The number of rotatable bonds is 12. The summed E-state index contributed by atoms with van der Waals surface area (Å²) in [6.07, 6.45) is 3.55. The summed E-state index contributed by atoms with van der Waals surface area (Å²) < 4.78 is 11.0. The van der Waals surface area contributed by atoms with E-state index in [9.17, 15) is 19.2 Å². The molecule has 1 fully saturated rings. The molecule has 0 aliphatic carbocycles. The van der Waals surface area contributed by atoms with Crippen LogP contribution in [-0.4, -0.2) is 67.6 Å². The van der Waals surface area contributed by atoms with Crippen molar-refractivity contribution >= 4 is 46.2 Å². The average Bonchev–Trinajstić information content (AvgIpc) is 3.40. The van der Waals surface area contributed by atoms with Gasteiger partial charge in [0.2, 0.25) is 11.8 Å². The Bertz CT molecular complexity index is 1340. The zero-order chi connectivity index (χ0) is 27.8.